The van der Waals surface area contributed by atoms with Crippen molar-refractivity contribution in [1.29, 1.82) is 0 Å². The molecule has 0 unspecified atom stereocenters. The van der Waals surface area contributed by atoms with E-state index in [0.29, 0.717) is 5.69 Å². The Morgan fingerprint density at radius 1 is 1.59 bits per heavy atom. The van der Waals surface area contributed by atoms with Crippen molar-refractivity contribution in [2.45, 2.75) is 6.92 Å². The molecule has 0 saturated heterocycles. The Hall–Kier alpha value is -1.33. The first-order valence-electron chi connectivity index (χ1n) is 4.66. The van der Waals surface area contributed by atoms with Crippen LogP contribution in [0.3, 0.4) is 0 Å². The number of nitrogens with one attached hydrogen (secondary N) is 1. The largest absolute Gasteiger partial charge is 0.461 e. The molecule has 7 heteroatoms. The van der Waals surface area contributed by atoms with Crippen LogP contribution in [0, 0.1) is 5.82 Å². The van der Waals surface area contributed by atoms with Crippen LogP contribution in [0.1, 0.15) is 6.92 Å². The highest BCUT2D eigenvalue weighted by atomic mass is 35.5. The molecule has 0 bridgehead atoms. The van der Waals surface area contributed by atoms with Crippen LogP contribution in [0.2, 0.25) is 5.02 Å². The van der Waals surface area contributed by atoms with Crippen molar-refractivity contribution >= 4 is 40.0 Å². The SMILES string of the molecule is CCOC(=O)/C(Cl)=N\Nc1ccc(F)cc1Cl. The van der Waals surface area contributed by atoms with Crippen LogP contribution in [0.15, 0.2) is 23.3 Å². The molecule has 4 nitrogen and oxygen atoms in total. The molecule has 0 aliphatic carbocycles. The number of benzene rings is 1. The van der Waals surface area contributed by atoms with Gasteiger partial charge in [0.05, 0.1) is 17.3 Å². The number of halogens is 3. The molecular formula is C10H9Cl2FN2O2. The molecule has 17 heavy (non-hydrogen) atoms. The maximum atomic E-state index is 12.7. The summed E-state index contributed by atoms with van der Waals surface area (Å²) in [5, 5.41) is 3.31. The van der Waals surface area contributed by atoms with Gasteiger partial charge >= 0.3 is 5.97 Å². The summed E-state index contributed by atoms with van der Waals surface area (Å²) in [6, 6.07) is 3.68. The summed E-state index contributed by atoms with van der Waals surface area (Å²) in [6.07, 6.45) is 0. The third-order valence-electron chi connectivity index (χ3n) is 1.65. The van der Waals surface area contributed by atoms with E-state index in [9.17, 15) is 9.18 Å². The summed E-state index contributed by atoms with van der Waals surface area (Å²) in [5.74, 6) is -1.22. The van der Waals surface area contributed by atoms with Gasteiger partial charge in [0.25, 0.3) is 0 Å². The van der Waals surface area contributed by atoms with Gasteiger partial charge in [0, 0.05) is 0 Å². The summed E-state index contributed by atoms with van der Waals surface area (Å²) < 4.78 is 17.3. The Kier molecular flexibility index (Phi) is 5.18. The zero-order valence-electron chi connectivity index (χ0n) is 8.84. The van der Waals surface area contributed by atoms with Crippen LogP contribution >= 0.6 is 23.2 Å². The smallest absolute Gasteiger partial charge is 0.370 e. The van der Waals surface area contributed by atoms with Gasteiger partial charge in [0.15, 0.2) is 0 Å². The number of hydrogen-bond donors (Lipinski definition) is 1. The van der Waals surface area contributed by atoms with Gasteiger partial charge in [-0.3, -0.25) is 5.43 Å². The normalized spacial score (nSPS) is 11.2. The molecule has 92 valence electrons. The van der Waals surface area contributed by atoms with E-state index in [1.807, 2.05) is 0 Å². The van der Waals surface area contributed by atoms with E-state index in [1.54, 1.807) is 6.92 Å². The Morgan fingerprint density at radius 3 is 2.88 bits per heavy atom. The molecule has 0 aliphatic rings. The molecule has 0 amide bonds. The van der Waals surface area contributed by atoms with Crippen LogP contribution in [0.4, 0.5) is 10.1 Å². The highest BCUT2D eigenvalue weighted by Crippen LogP contribution is 2.22. The monoisotopic (exact) mass is 278 g/mol. The van der Waals surface area contributed by atoms with Crippen molar-refractivity contribution in [3.8, 4) is 0 Å². The van der Waals surface area contributed by atoms with E-state index in [4.69, 9.17) is 23.2 Å². The average Bonchev–Trinajstić information content (AvgIpc) is 2.27. The molecule has 0 radical (unpaired) electrons. The van der Waals surface area contributed by atoms with Crippen LogP contribution in [0.25, 0.3) is 0 Å². The quantitative estimate of drug-likeness (QED) is 0.523. The minimum absolute atomic E-state index is 0.127. The Bertz CT molecular complexity index is 452. The summed E-state index contributed by atoms with van der Waals surface area (Å²) in [4.78, 5) is 11.1. The molecule has 0 heterocycles. The minimum Gasteiger partial charge on any atom is -0.461 e. The Balaban J connectivity index is 2.72. The molecular weight excluding hydrogens is 270 g/mol. The standard InChI is InChI=1S/C10H9Cl2FN2O2/c1-2-17-10(16)9(12)15-14-8-4-3-6(13)5-7(8)11/h3-5,14H,2H2,1H3/b15-9+. The van der Waals surface area contributed by atoms with Crippen molar-refractivity contribution in [2.75, 3.05) is 12.0 Å². The number of nitrogens with zero attached hydrogens (tertiary/aromatic N) is 1. The topological polar surface area (TPSA) is 50.7 Å². The summed E-state index contributed by atoms with van der Waals surface area (Å²) in [6.45, 7) is 1.84. The van der Waals surface area contributed by atoms with Gasteiger partial charge in [-0.1, -0.05) is 23.2 Å². The molecule has 1 N–H and O–H groups in total. The maximum Gasteiger partial charge on any atom is 0.370 e. The van der Waals surface area contributed by atoms with E-state index in [0.717, 1.165) is 6.07 Å². The number of hydrogen-bond acceptors (Lipinski definition) is 4. The predicted octanol–water partition coefficient (Wildman–Crippen LogP) is 3.01. The minimum atomic E-state index is -0.750. The molecule has 0 fully saturated rings. The maximum absolute atomic E-state index is 12.7. The number of anilines is 1. The van der Waals surface area contributed by atoms with Gasteiger partial charge in [-0.2, -0.15) is 5.10 Å². The lowest BCUT2D eigenvalue weighted by Crippen LogP contribution is -2.13. The fourth-order valence-corrected chi connectivity index (χ4v) is 1.23. The van der Waals surface area contributed by atoms with E-state index in [2.05, 4.69) is 15.3 Å². The van der Waals surface area contributed by atoms with Gasteiger partial charge < -0.3 is 4.74 Å². The van der Waals surface area contributed by atoms with Crippen molar-refractivity contribution in [1.82, 2.24) is 0 Å². The first-order valence-corrected chi connectivity index (χ1v) is 5.41. The van der Waals surface area contributed by atoms with E-state index >= 15 is 0 Å². The first kappa shape index (κ1) is 13.7. The number of carbonyl (C=O) groups excluding carboxylic acids is 1. The first-order chi connectivity index (χ1) is 8.04. The Labute approximate surface area is 107 Å². The van der Waals surface area contributed by atoms with Gasteiger partial charge in [-0.15, -0.1) is 0 Å². The average molecular weight is 279 g/mol. The van der Waals surface area contributed by atoms with Gasteiger partial charge in [0.2, 0.25) is 5.17 Å². The number of carbonyl (C=O) groups is 1. The van der Waals surface area contributed by atoms with Crippen LogP contribution in [0.5, 0.6) is 0 Å². The molecule has 1 aromatic rings. The number of hydrazone groups is 1. The van der Waals surface area contributed by atoms with E-state index < -0.39 is 11.8 Å². The highest BCUT2D eigenvalue weighted by Gasteiger charge is 2.09. The zero-order chi connectivity index (χ0) is 12.8. The van der Waals surface area contributed by atoms with Crippen LogP contribution in [-0.2, 0) is 9.53 Å². The highest BCUT2D eigenvalue weighted by molar-refractivity contribution is 6.82. The van der Waals surface area contributed by atoms with Crippen LogP contribution < -0.4 is 5.43 Å². The molecule has 1 rings (SSSR count). The van der Waals surface area contributed by atoms with Crippen molar-refractivity contribution in [3.63, 3.8) is 0 Å². The van der Waals surface area contributed by atoms with E-state index in [-0.39, 0.29) is 16.8 Å². The lowest BCUT2D eigenvalue weighted by Gasteiger charge is -2.04. The second-order valence-corrected chi connectivity index (χ2v) is 3.62. The molecule has 0 atom stereocenters. The zero-order valence-corrected chi connectivity index (χ0v) is 10.3. The summed E-state index contributed by atoms with van der Waals surface area (Å²) in [5.41, 5.74) is 2.76. The number of rotatable bonds is 4. The third kappa shape index (κ3) is 4.20. The summed E-state index contributed by atoms with van der Waals surface area (Å²) >= 11 is 11.3. The van der Waals surface area contributed by atoms with Crippen molar-refractivity contribution in [3.05, 3.63) is 29.0 Å². The Morgan fingerprint density at radius 2 is 2.29 bits per heavy atom. The molecule has 0 aliphatic heterocycles. The fourth-order valence-electron chi connectivity index (χ4n) is 0.926. The second-order valence-electron chi connectivity index (χ2n) is 2.86. The van der Waals surface area contributed by atoms with Crippen molar-refractivity contribution in [2.24, 2.45) is 5.10 Å². The molecule has 1 aromatic carbocycles. The second kappa shape index (κ2) is 6.42. The fraction of sp³-hybridized carbons (Fsp3) is 0.200. The third-order valence-corrected chi connectivity index (χ3v) is 2.20. The summed E-state index contributed by atoms with van der Waals surface area (Å²) in [7, 11) is 0. The molecule has 0 aromatic heterocycles. The lowest BCUT2D eigenvalue weighted by molar-refractivity contribution is -0.134. The van der Waals surface area contributed by atoms with Crippen molar-refractivity contribution < 1.29 is 13.9 Å². The van der Waals surface area contributed by atoms with E-state index in [1.165, 1.54) is 12.1 Å². The molecule has 0 saturated carbocycles. The number of esters is 1. The van der Waals surface area contributed by atoms with Gasteiger partial charge in [-0.25, -0.2) is 9.18 Å². The molecule has 0 spiro atoms. The lowest BCUT2D eigenvalue weighted by atomic mass is 10.3. The predicted molar refractivity (Wildman–Crippen MR) is 65.0 cm³/mol. The van der Waals surface area contributed by atoms with Crippen LogP contribution in [-0.4, -0.2) is 17.7 Å². The van der Waals surface area contributed by atoms with Gasteiger partial charge in [0.1, 0.15) is 5.82 Å². The number of ether oxygens (including phenoxy) is 1. The van der Waals surface area contributed by atoms with Gasteiger partial charge in [-0.05, 0) is 25.1 Å².